The van der Waals surface area contributed by atoms with Gasteiger partial charge in [-0.15, -0.1) is 11.3 Å². The Balaban J connectivity index is 2.07. The van der Waals surface area contributed by atoms with Crippen LogP contribution in [0.1, 0.15) is 5.56 Å². The van der Waals surface area contributed by atoms with Crippen LogP contribution in [-0.2, 0) is 7.05 Å². The molecule has 0 saturated carbocycles. The van der Waals surface area contributed by atoms with Crippen molar-refractivity contribution in [3.05, 3.63) is 52.3 Å². The van der Waals surface area contributed by atoms with E-state index in [2.05, 4.69) is 9.98 Å². The van der Waals surface area contributed by atoms with E-state index < -0.39 is 0 Å². The van der Waals surface area contributed by atoms with Gasteiger partial charge in [0.2, 0.25) is 0 Å². The molecule has 2 N–H and O–H groups in total. The van der Waals surface area contributed by atoms with Crippen LogP contribution in [0.2, 0.25) is 0 Å². The molecule has 0 fully saturated rings. The highest BCUT2D eigenvalue weighted by molar-refractivity contribution is 7.07. The predicted octanol–water partition coefficient (Wildman–Crippen LogP) is 3.10. The van der Waals surface area contributed by atoms with Crippen molar-refractivity contribution in [2.75, 3.05) is 0 Å². The Kier molecular flexibility index (Phi) is 3.68. The summed E-state index contributed by atoms with van der Waals surface area (Å²) in [6, 6.07) is 8.38. The number of pyridine rings is 1. The minimum absolute atomic E-state index is 0.0351. The van der Waals surface area contributed by atoms with Gasteiger partial charge in [0.1, 0.15) is 11.5 Å². The third-order valence-corrected chi connectivity index (χ3v) is 4.20. The lowest BCUT2D eigenvalue weighted by Crippen LogP contribution is -2.11. The van der Waals surface area contributed by atoms with Crippen LogP contribution in [0.4, 0.5) is 5.82 Å². The van der Waals surface area contributed by atoms with Crippen LogP contribution in [0.3, 0.4) is 0 Å². The fourth-order valence-corrected chi connectivity index (χ4v) is 2.98. The summed E-state index contributed by atoms with van der Waals surface area (Å²) in [5.74, 6) is 0.714. The van der Waals surface area contributed by atoms with Gasteiger partial charge in [0.15, 0.2) is 10.6 Å². The molecule has 3 aromatic rings. The Morgan fingerprint density at radius 1 is 1.18 bits per heavy atom. The average Bonchev–Trinajstić information content (AvgIpc) is 2.83. The van der Waals surface area contributed by atoms with Gasteiger partial charge in [0.25, 0.3) is 0 Å². The molecule has 0 spiro atoms. The molecule has 5 nitrogen and oxygen atoms in total. The number of aryl methyl sites for hydroxylation is 1. The largest absolute Gasteiger partial charge is 0.508 e. The van der Waals surface area contributed by atoms with E-state index in [0.717, 1.165) is 16.1 Å². The van der Waals surface area contributed by atoms with Gasteiger partial charge in [-0.1, -0.05) is 6.07 Å². The molecule has 112 valence electrons. The number of benzene rings is 1. The summed E-state index contributed by atoms with van der Waals surface area (Å²) < 4.78 is 1.89. The summed E-state index contributed by atoms with van der Waals surface area (Å²) >= 11 is 1.47. The van der Waals surface area contributed by atoms with Gasteiger partial charge in [-0.05, 0) is 30.7 Å². The second-order valence-corrected chi connectivity index (χ2v) is 5.81. The van der Waals surface area contributed by atoms with E-state index in [4.69, 9.17) is 0 Å². The Morgan fingerprint density at radius 3 is 2.68 bits per heavy atom. The Bertz CT molecular complexity index is 879. The van der Waals surface area contributed by atoms with Crippen LogP contribution < -0.4 is 4.80 Å². The molecule has 2 heterocycles. The van der Waals surface area contributed by atoms with Crippen LogP contribution in [0, 0.1) is 6.92 Å². The van der Waals surface area contributed by atoms with Gasteiger partial charge in [0.05, 0.1) is 5.69 Å². The highest BCUT2D eigenvalue weighted by Gasteiger charge is 2.10. The molecule has 0 saturated heterocycles. The van der Waals surface area contributed by atoms with Gasteiger partial charge >= 0.3 is 0 Å². The number of phenols is 2. The zero-order chi connectivity index (χ0) is 15.7. The number of rotatable bonds is 2. The van der Waals surface area contributed by atoms with Crippen LogP contribution in [0.5, 0.6) is 11.5 Å². The minimum atomic E-state index is 0.0351. The fraction of sp³-hybridized carbons (Fsp3) is 0.125. The summed E-state index contributed by atoms with van der Waals surface area (Å²) in [6.07, 6.45) is 1.78. The number of nitrogens with zero attached hydrogens (tertiary/aromatic N) is 3. The lowest BCUT2D eigenvalue weighted by atomic mass is 10.1. The molecule has 1 aromatic carbocycles. The zero-order valence-electron chi connectivity index (χ0n) is 12.2. The maximum atomic E-state index is 9.99. The highest BCUT2D eigenvalue weighted by Crippen LogP contribution is 2.31. The van der Waals surface area contributed by atoms with Crippen molar-refractivity contribution < 1.29 is 10.2 Å². The van der Waals surface area contributed by atoms with Crippen LogP contribution >= 0.6 is 11.3 Å². The summed E-state index contributed by atoms with van der Waals surface area (Å²) in [5.41, 5.74) is 2.56. The molecule has 6 heteroatoms. The summed E-state index contributed by atoms with van der Waals surface area (Å²) in [4.78, 5) is 9.56. The van der Waals surface area contributed by atoms with Gasteiger partial charge < -0.3 is 14.8 Å². The summed E-state index contributed by atoms with van der Waals surface area (Å²) in [7, 11) is 1.88. The van der Waals surface area contributed by atoms with Crippen LogP contribution in [0.15, 0.2) is 46.9 Å². The lowest BCUT2D eigenvalue weighted by Gasteiger charge is -2.05. The molecule has 0 aliphatic carbocycles. The predicted molar refractivity (Wildman–Crippen MR) is 86.3 cm³/mol. The minimum Gasteiger partial charge on any atom is -0.508 e. The van der Waals surface area contributed by atoms with Crippen molar-refractivity contribution in [2.45, 2.75) is 6.92 Å². The molecular weight excluding hydrogens is 298 g/mol. The Morgan fingerprint density at radius 2 is 2.00 bits per heavy atom. The van der Waals surface area contributed by atoms with Crippen molar-refractivity contribution >= 4 is 17.2 Å². The van der Waals surface area contributed by atoms with Gasteiger partial charge in [-0.25, -0.2) is 9.98 Å². The smallest absolute Gasteiger partial charge is 0.191 e. The quantitative estimate of drug-likeness (QED) is 0.763. The third kappa shape index (κ3) is 2.73. The monoisotopic (exact) mass is 313 g/mol. The molecule has 0 radical (unpaired) electrons. The second-order valence-electron chi connectivity index (χ2n) is 4.97. The number of hydrogen-bond donors (Lipinski definition) is 2. The van der Waals surface area contributed by atoms with E-state index in [1.54, 1.807) is 18.3 Å². The molecule has 0 amide bonds. The topological polar surface area (TPSA) is 70.6 Å². The summed E-state index contributed by atoms with van der Waals surface area (Å²) in [6.45, 7) is 1.98. The van der Waals surface area contributed by atoms with E-state index in [1.807, 2.05) is 36.1 Å². The molecule has 3 rings (SSSR count). The molecule has 0 bridgehead atoms. The Labute approximate surface area is 131 Å². The molecular formula is C16H15N3O2S. The van der Waals surface area contributed by atoms with E-state index in [0.29, 0.717) is 11.4 Å². The van der Waals surface area contributed by atoms with Crippen LogP contribution in [0.25, 0.3) is 11.3 Å². The van der Waals surface area contributed by atoms with Gasteiger partial charge in [-0.2, -0.15) is 0 Å². The van der Waals surface area contributed by atoms with Crippen molar-refractivity contribution in [3.63, 3.8) is 0 Å². The lowest BCUT2D eigenvalue weighted by molar-refractivity contribution is 0.451. The van der Waals surface area contributed by atoms with Gasteiger partial charge in [0, 0.05) is 30.3 Å². The molecule has 0 aliphatic heterocycles. The highest BCUT2D eigenvalue weighted by atomic mass is 32.1. The molecule has 0 atom stereocenters. The molecule has 0 unspecified atom stereocenters. The first-order chi connectivity index (χ1) is 10.5. The van der Waals surface area contributed by atoms with Crippen molar-refractivity contribution in [1.82, 2.24) is 9.55 Å². The Hall–Kier alpha value is -2.60. The van der Waals surface area contributed by atoms with E-state index in [-0.39, 0.29) is 11.5 Å². The number of thiazole rings is 1. The number of hydrogen-bond acceptors (Lipinski definition) is 5. The number of phenolic OH excluding ortho intramolecular Hbond substituents is 2. The van der Waals surface area contributed by atoms with E-state index >= 15 is 0 Å². The normalized spacial score (nSPS) is 11.8. The van der Waals surface area contributed by atoms with Crippen LogP contribution in [-0.4, -0.2) is 19.8 Å². The first-order valence-electron chi connectivity index (χ1n) is 6.69. The fourth-order valence-electron chi connectivity index (χ4n) is 2.08. The van der Waals surface area contributed by atoms with E-state index in [1.165, 1.54) is 17.4 Å². The SMILES string of the molecule is Cc1ccc(N=c2scc(-c3ccc(O)cc3O)n2C)nc1. The first kappa shape index (κ1) is 14.3. The summed E-state index contributed by atoms with van der Waals surface area (Å²) in [5, 5.41) is 21.3. The maximum Gasteiger partial charge on any atom is 0.191 e. The van der Waals surface area contributed by atoms with Gasteiger partial charge in [-0.3, -0.25) is 0 Å². The number of aromatic hydroxyl groups is 2. The average molecular weight is 313 g/mol. The molecule has 2 aromatic heterocycles. The van der Waals surface area contributed by atoms with Crippen molar-refractivity contribution in [3.8, 4) is 22.8 Å². The standard InChI is InChI=1S/C16H15N3O2S/c1-10-3-6-15(17-8-10)18-16-19(2)13(9-22-16)12-5-4-11(20)7-14(12)21/h3-9,20-21H,1-2H3. The third-order valence-electron chi connectivity index (χ3n) is 3.29. The second kappa shape index (κ2) is 5.65. The number of aromatic nitrogens is 2. The maximum absolute atomic E-state index is 9.99. The first-order valence-corrected chi connectivity index (χ1v) is 7.57. The molecule has 0 aliphatic rings. The molecule has 22 heavy (non-hydrogen) atoms. The van der Waals surface area contributed by atoms with Crippen molar-refractivity contribution in [2.24, 2.45) is 12.0 Å². The zero-order valence-corrected chi connectivity index (χ0v) is 13.0. The van der Waals surface area contributed by atoms with E-state index in [9.17, 15) is 10.2 Å². The van der Waals surface area contributed by atoms with Crippen molar-refractivity contribution in [1.29, 1.82) is 0 Å².